The Morgan fingerprint density at radius 1 is 1.53 bits per heavy atom. The van der Waals surface area contributed by atoms with Gasteiger partial charge in [0.2, 0.25) is 0 Å². The van der Waals surface area contributed by atoms with Crippen LogP contribution in [0, 0.1) is 6.92 Å². The van der Waals surface area contributed by atoms with E-state index in [1.807, 2.05) is 6.20 Å². The van der Waals surface area contributed by atoms with Gasteiger partial charge in [-0.05, 0) is 42.0 Å². The van der Waals surface area contributed by atoms with E-state index in [1.165, 1.54) is 21.7 Å². The van der Waals surface area contributed by atoms with Crippen LogP contribution >= 0.6 is 41.7 Å². The van der Waals surface area contributed by atoms with Crippen LogP contribution in [-0.2, 0) is 6.42 Å². The van der Waals surface area contributed by atoms with Crippen LogP contribution in [0.15, 0.2) is 23.7 Å². The summed E-state index contributed by atoms with van der Waals surface area (Å²) >= 11 is 4.15. The second-order valence-corrected chi connectivity index (χ2v) is 6.75. The van der Waals surface area contributed by atoms with E-state index >= 15 is 0 Å². The Kier molecular flexibility index (Phi) is 3.32. The summed E-state index contributed by atoms with van der Waals surface area (Å²) in [7, 11) is 1.75. The minimum Gasteiger partial charge on any atom is -0.305 e. The molecule has 1 aliphatic rings. The van der Waals surface area contributed by atoms with Crippen LogP contribution in [0.4, 0.5) is 5.69 Å². The van der Waals surface area contributed by atoms with Crippen LogP contribution < -0.4 is 4.31 Å². The Morgan fingerprint density at radius 3 is 3.24 bits per heavy atom. The van der Waals surface area contributed by atoms with Crippen LogP contribution in [-0.4, -0.2) is 11.5 Å². The molecule has 2 aromatic rings. The first-order valence-corrected chi connectivity index (χ1v) is 9.59. The second kappa shape index (κ2) is 4.78. The molecule has 0 unspecified atom stereocenters. The summed E-state index contributed by atoms with van der Waals surface area (Å²) in [5.41, 5.74) is 5.05. The second-order valence-electron chi connectivity index (χ2n) is 4.08. The lowest BCUT2D eigenvalue weighted by Crippen LogP contribution is -2.15. The molecule has 0 spiro atoms. The van der Waals surface area contributed by atoms with Crippen molar-refractivity contribution in [3.63, 3.8) is 0 Å². The van der Waals surface area contributed by atoms with E-state index in [0.717, 1.165) is 18.7 Å². The van der Waals surface area contributed by atoms with Crippen molar-refractivity contribution in [1.29, 1.82) is 0 Å². The quantitative estimate of drug-likeness (QED) is 0.541. The smallest absolute Gasteiger partial charge is 0.105 e. The largest absolute Gasteiger partial charge is 0.305 e. The maximum absolute atomic E-state index is 4.64. The van der Waals surface area contributed by atoms with Crippen molar-refractivity contribution in [1.82, 2.24) is 4.98 Å². The highest BCUT2D eigenvalue weighted by Crippen LogP contribution is 2.41. The van der Waals surface area contributed by atoms with Crippen molar-refractivity contribution in [2.75, 3.05) is 10.8 Å². The molecule has 0 saturated carbocycles. The molecule has 2 nitrogen and oxygen atoms in total. The lowest BCUT2D eigenvalue weighted by atomic mass is 10.1. The molecular weight excluding hydrogens is 363 g/mol. The van der Waals surface area contributed by atoms with Crippen LogP contribution in [0.2, 0.25) is 0 Å². The van der Waals surface area contributed by atoms with Gasteiger partial charge in [0, 0.05) is 43.1 Å². The Balaban J connectivity index is 2.23. The number of aryl methyl sites for hydroxylation is 1. The lowest BCUT2D eigenvalue weighted by molar-refractivity contribution is 0.985. The summed E-state index contributed by atoms with van der Waals surface area (Å²) < 4.78 is 2.34. The highest BCUT2D eigenvalue weighted by atomic mass is 127. The Labute approximate surface area is 121 Å². The predicted octanol–water partition coefficient (Wildman–Crippen LogP) is 4.48. The van der Waals surface area contributed by atoms with Crippen molar-refractivity contribution in [3.8, 4) is 10.6 Å². The molecule has 0 saturated heterocycles. The molecule has 0 bridgehead atoms. The molecule has 2 aromatic heterocycles. The van der Waals surface area contributed by atoms with Gasteiger partial charge in [-0.1, -0.05) is 0 Å². The van der Waals surface area contributed by atoms with Crippen LogP contribution in [0.25, 0.3) is 10.6 Å². The normalized spacial score (nSPS) is 14.1. The number of pyridine rings is 1. The summed E-state index contributed by atoms with van der Waals surface area (Å²) in [5, 5.41) is 2.17. The van der Waals surface area contributed by atoms with Gasteiger partial charge < -0.3 is 4.31 Å². The van der Waals surface area contributed by atoms with E-state index < -0.39 is 0 Å². The van der Waals surface area contributed by atoms with E-state index in [4.69, 9.17) is 0 Å². The van der Waals surface area contributed by atoms with Gasteiger partial charge in [-0.25, -0.2) is 0 Å². The van der Waals surface area contributed by atoms with Gasteiger partial charge in [-0.15, -0.1) is 11.3 Å². The first-order valence-electron chi connectivity index (χ1n) is 5.39. The van der Waals surface area contributed by atoms with Crippen molar-refractivity contribution in [3.05, 3.63) is 34.8 Å². The maximum Gasteiger partial charge on any atom is 0.105 e. The number of hydrogen-bond acceptors (Lipinski definition) is 4. The van der Waals surface area contributed by atoms with Gasteiger partial charge in [0.15, 0.2) is 0 Å². The molecule has 1 aliphatic heterocycles. The van der Waals surface area contributed by atoms with Crippen molar-refractivity contribution in [2.45, 2.75) is 13.3 Å². The molecule has 17 heavy (non-hydrogen) atoms. The fraction of sp³-hybridized carbons (Fsp3) is 0.250. The predicted molar refractivity (Wildman–Crippen MR) is 84.9 cm³/mol. The molecule has 0 aromatic carbocycles. The van der Waals surface area contributed by atoms with Gasteiger partial charge in [0.1, 0.15) is 5.69 Å². The summed E-state index contributed by atoms with van der Waals surface area (Å²) in [6.07, 6.45) is 3.06. The van der Waals surface area contributed by atoms with Gasteiger partial charge in [0.25, 0.3) is 0 Å². The number of nitrogens with zero attached hydrogens (tertiary/aromatic N) is 2. The third-order valence-corrected chi connectivity index (χ3v) is 5.84. The number of halogens is 1. The molecule has 0 aliphatic carbocycles. The van der Waals surface area contributed by atoms with Crippen LogP contribution in [0.3, 0.4) is 0 Å². The van der Waals surface area contributed by atoms with Crippen molar-refractivity contribution in [2.24, 2.45) is 0 Å². The average molecular weight is 374 g/mol. The van der Waals surface area contributed by atoms with E-state index in [1.54, 1.807) is 20.5 Å². The molecule has 0 atom stereocenters. The van der Waals surface area contributed by atoms with E-state index in [-0.39, 0.29) is 0 Å². The topological polar surface area (TPSA) is 16.1 Å². The van der Waals surface area contributed by atoms with Crippen molar-refractivity contribution >= 4 is 47.3 Å². The van der Waals surface area contributed by atoms with E-state index in [9.17, 15) is 0 Å². The molecule has 3 rings (SSSR count). The molecule has 88 valence electrons. The van der Waals surface area contributed by atoms with Gasteiger partial charge in [-0.2, -0.15) is 0 Å². The zero-order valence-electron chi connectivity index (χ0n) is 9.31. The van der Waals surface area contributed by atoms with Gasteiger partial charge in [-0.3, -0.25) is 4.98 Å². The monoisotopic (exact) mass is 374 g/mol. The third-order valence-electron chi connectivity index (χ3n) is 2.90. The lowest BCUT2D eigenvalue weighted by Gasteiger charge is -2.20. The fourth-order valence-electron chi connectivity index (χ4n) is 2.07. The molecule has 5 heteroatoms. The summed E-state index contributed by atoms with van der Waals surface area (Å²) in [4.78, 5) is 5.98. The highest BCUT2D eigenvalue weighted by molar-refractivity contribution is 14.2. The van der Waals surface area contributed by atoms with Crippen LogP contribution in [0.1, 0.15) is 11.1 Å². The number of hydrogen-bond donors (Lipinski definition) is 0. The highest BCUT2D eigenvalue weighted by Gasteiger charge is 2.21. The standard InChI is InChI=1S/C12H11IN2S2/c1-8-6-10-11(14-7-8)12-9(3-5-16-12)2-4-15(10)17-13/h3,5-7H,2,4H2,1H3. The number of rotatable bonds is 1. The minimum atomic E-state index is 1.05. The Hall–Kier alpha value is -0.270. The summed E-state index contributed by atoms with van der Waals surface area (Å²) in [6, 6.07) is 4.47. The SMILES string of the molecule is Cc1cnc2c(c1)N(SI)CCc1ccsc1-2. The van der Waals surface area contributed by atoms with Gasteiger partial charge >= 0.3 is 0 Å². The van der Waals surface area contributed by atoms with E-state index in [0.29, 0.717) is 0 Å². The molecule has 0 N–H and O–H groups in total. The van der Waals surface area contributed by atoms with E-state index in [2.05, 4.69) is 54.9 Å². The molecule has 0 radical (unpaired) electrons. The Bertz CT molecular complexity index is 553. The number of anilines is 1. The number of thiophene rings is 1. The molecule has 0 fully saturated rings. The zero-order valence-corrected chi connectivity index (χ0v) is 13.1. The molecule has 3 heterocycles. The third kappa shape index (κ3) is 2.08. The first kappa shape index (κ1) is 11.8. The molecular formula is C12H11IN2S2. The fourth-order valence-corrected chi connectivity index (χ4v) is 4.63. The van der Waals surface area contributed by atoms with Crippen LogP contribution in [0.5, 0.6) is 0 Å². The van der Waals surface area contributed by atoms with Gasteiger partial charge in [0.05, 0.1) is 10.6 Å². The maximum atomic E-state index is 4.64. The minimum absolute atomic E-state index is 1.05. The average Bonchev–Trinajstić information content (AvgIpc) is 2.73. The number of fused-ring (bicyclic) bond motifs is 3. The molecule has 0 amide bonds. The van der Waals surface area contributed by atoms with Crippen molar-refractivity contribution < 1.29 is 0 Å². The Morgan fingerprint density at radius 2 is 2.41 bits per heavy atom. The zero-order chi connectivity index (χ0) is 11.8. The summed E-state index contributed by atoms with van der Waals surface area (Å²) in [5.74, 6) is 0. The number of aromatic nitrogens is 1. The summed E-state index contributed by atoms with van der Waals surface area (Å²) in [6.45, 7) is 3.15. The first-order chi connectivity index (χ1) is 8.29.